The third-order valence-corrected chi connectivity index (χ3v) is 10.7. The van der Waals surface area contributed by atoms with Gasteiger partial charge in [0.05, 0.1) is 0 Å². The first kappa shape index (κ1) is 28.5. The maximum Gasteiger partial charge on any atom is 0.456 e. The van der Waals surface area contributed by atoms with Crippen molar-refractivity contribution in [3.8, 4) is 0 Å². The highest BCUT2D eigenvalue weighted by Gasteiger charge is 2.79. The van der Waals surface area contributed by atoms with E-state index in [-0.39, 0.29) is 30.4 Å². The molecule has 222 valence electrons. The molecule has 10 heteroatoms. The third kappa shape index (κ3) is 4.22. The average molecular weight is 579 g/mol. The largest absolute Gasteiger partial charge is 0.456 e. The zero-order valence-corrected chi connectivity index (χ0v) is 23.0. The number of nitrogens with one attached hydrogen (secondary N) is 1. The molecule has 2 saturated carbocycles. The average Bonchev–Trinajstić information content (AvgIpc) is 3.23. The van der Waals surface area contributed by atoms with Crippen molar-refractivity contribution < 1.29 is 36.6 Å². The number of alkyl halides is 5. The summed E-state index contributed by atoms with van der Waals surface area (Å²) in [6.07, 6.45) is -2.94. The molecule has 1 saturated heterocycles. The van der Waals surface area contributed by atoms with Crippen LogP contribution >= 0.6 is 0 Å². The van der Waals surface area contributed by atoms with Gasteiger partial charge in [-0.15, -0.1) is 0 Å². The van der Waals surface area contributed by atoms with Crippen molar-refractivity contribution in [2.24, 2.45) is 17.3 Å². The van der Waals surface area contributed by atoms with E-state index < -0.39 is 41.4 Å². The second kappa shape index (κ2) is 9.73. The van der Waals surface area contributed by atoms with Crippen LogP contribution in [0.15, 0.2) is 47.1 Å². The number of hydrogen-bond donors (Lipinski definition) is 2. The second-order valence-corrected chi connectivity index (χ2v) is 12.6. The summed E-state index contributed by atoms with van der Waals surface area (Å²) in [5.41, 5.74) is -0.777. The molecule has 3 fully saturated rings. The third-order valence-electron chi connectivity index (χ3n) is 10.7. The number of piperazine rings is 1. The fraction of sp³-hybridized carbons (Fsp3) is 0.613. The van der Waals surface area contributed by atoms with Crippen LogP contribution in [0.2, 0.25) is 0 Å². The predicted octanol–water partition coefficient (Wildman–Crippen LogP) is 5.56. The molecule has 5 nitrogen and oxygen atoms in total. The van der Waals surface area contributed by atoms with Crippen LogP contribution in [-0.4, -0.2) is 65.6 Å². The highest BCUT2D eigenvalue weighted by Crippen LogP contribution is 2.70. The Balaban J connectivity index is 1.44. The molecule has 1 heterocycles. The first-order valence-corrected chi connectivity index (χ1v) is 14.5. The molecule has 1 aliphatic heterocycles. The van der Waals surface area contributed by atoms with Gasteiger partial charge in [-0.2, -0.15) is 22.0 Å². The molecule has 2 unspecified atom stereocenters. The van der Waals surface area contributed by atoms with Crippen molar-refractivity contribution in [2.45, 2.75) is 75.5 Å². The summed E-state index contributed by atoms with van der Waals surface area (Å²) in [5, 5.41) is 14.6. The minimum Gasteiger partial charge on any atom is -0.383 e. The fourth-order valence-electron chi connectivity index (χ4n) is 8.62. The lowest BCUT2D eigenvalue weighted by Gasteiger charge is -2.56. The Labute approximate surface area is 235 Å². The molecule has 2 N–H and O–H groups in total. The smallest absolute Gasteiger partial charge is 0.383 e. The van der Waals surface area contributed by atoms with E-state index in [1.54, 1.807) is 35.2 Å². The molecule has 5 aliphatic rings. The Bertz CT molecular complexity index is 1310. The van der Waals surface area contributed by atoms with E-state index in [9.17, 15) is 27.9 Å². The highest BCUT2D eigenvalue weighted by atomic mass is 19.4. The summed E-state index contributed by atoms with van der Waals surface area (Å²) >= 11 is 0. The van der Waals surface area contributed by atoms with Gasteiger partial charge >= 0.3 is 12.1 Å². The predicted molar refractivity (Wildman–Crippen MR) is 141 cm³/mol. The van der Waals surface area contributed by atoms with Gasteiger partial charge in [-0.05, 0) is 85.3 Å². The van der Waals surface area contributed by atoms with Gasteiger partial charge in [-0.1, -0.05) is 24.6 Å². The summed E-state index contributed by atoms with van der Waals surface area (Å²) in [7, 11) is 0. The number of halogens is 5. The summed E-state index contributed by atoms with van der Waals surface area (Å²) in [5.74, 6) is -6.69. The first-order valence-electron chi connectivity index (χ1n) is 14.5. The van der Waals surface area contributed by atoms with Crippen molar-refractivity contribution >= 4 is 11.7 Å². The number of allylic oxidation sites excluding steroid dienone is 4. The van der Waals surface area contributed by atoms with E-state index in [0.717, 1.165) is 22.3 Å². The van der Waals surface area contributed by atoms with Crippen LogP contribution in [0.4, 0.5) is 22.0 Å². The summed E-state index contributed by atoms with van der Waals surface area (Å²) in [6.45, 7) is 3.99. The molecule has 6 rings (SSSR count). The van der Waals surface area contributed by atoms with Crippen LogP contribution in [-0.2, 0) is 4.79 Å². The molecule has 0 aromatic heterocycles. The van der Waals surface area contributed by atoms with Crippen molar-refractivity contribution in [2.75, 3.05) is 26.2 Å². The van der Waals surface area contributed by atoms with Crippen molar-refractivity contribution in [3.63, 3.8) is 0 Å². The maximum absolute atomic E-state index is 15.1. The van der Waals surface area contributed by atoms with Crippen molar-refractivity contribution in [1.82, 2.24) is 10.2 Å². The van der Waals surface area contributed by atoms with Crippen molar-refractivity contribution in [1.29, 1.82) is 0 Å². The summed E-state index contributed by atoms with van der Waals surface area (Å²) in [6, 6.07) is 6.94. The van der Waals surface area contributed by atoms with Crippen LogP contribution < -0.4 is 5.32 Å². The van der Waals surface area contributed by atoms with Gasteiger partial charge in [0, 0.05) is 49.5 Å². The van der Waals surface area contributed by atoms with E-state index in [0.29, 0.717) is 57.4 Å². The Hall–Kier alpha value is -2.59. The van der Waals surface area contributed by atoms with Crippen LogP contribution in [0, 0.1) is 17.3 Å². The molecular formula is C31H35F5N2O3. The molecule has 1 aromatic rings. The summed E-state index contributed by atoms with van der Waals surface area (Å²) in [4.78, 5) is 27.0. The minimum atomic E-state index is -5.88. The topological polar surface area (TPSA) is 69.6 Å². The van der Waals surface area contributed by atoms with Crippen molar-refractivity contribution in [3.05, 3.63) is 58.2 Å². The number of nitrogens with zero attached hydrogens (tertiary/aromatic N) is 1. The van der Waals surface area contributed by atoms with Gasteiger partial charge < -0.3 is 15.3 Å². The Morgan fingerprint density at radius 3 is 2.37 bits per heavy atom. The lowest BCUT2D eigenvalue weighted by Crippen LogP contribution is -2.65. The molecule has 0 spiro atoms. The molecular weight excluding hydrogens is 543 g/mol. The number of hydrogen-bond acceptors (Lipinski definition) is 4. The number of benzene rings is 1. The maximum atomic E-state index is 15.1. The van der Waals surface area contributed by atoms with Gasteiger partial charge in [0.2, 0.25) is 0 Å². The quantitative estimate of drug-likeness (QED) is 0.461. The van der Waals surface area contributed by atoms with Crippen LogP contribution in [0.3, 0.4) is 0 Å². The monoisotopic (exact) mass is 578 g/mol. The van der Waals surface area contributed by atoms with Crippen LogP contribution in [0.5, 0.6) is 0 Å². The Morgan fingerprint density at radius 2 is 1.71 bits per heavy atom. The second-order valence-electron chi connectivity index (χ2n) is 12.6. The van der Waals surface area contributed by atoms with Gasteiger partial charge in [0.15, 0.2) is 5.78 Å². The van der Waals surface area contributed by atoms with Gasteiger partial charge in [0.1, 0.15) is 5.60 Å². The van der Waals surface area contributed by atoms with Crippen LogP contribution in [0.25, 0.3) is 0 Å². The SMILES string of the molecule is CC12C[C@H](c3ccc(C(=O)N4CCNCC4)cc3)C3=C4CCC(=O)C=C4CC[C@H]3[C@@H]1CCC2(O)C(F)(F)C(F)(F)F. The number of fused-ring (bicyclic) bond motifs is 4. The lowest BCUT2D eigenvalue weighted by atomic mass is 9.50. The van der Waals surface area contributed by atoms with E-state index in [2.05, 4.69) is 5.32 Å². The number of ketones is 1. The normalized spacial score (nSPS) is 34.1. The molecule has 0 bridgehead atoms. The molecule has 1 aromatic carbocycles. The van der Waals surface area contributed by atoms with E-state index in [1.165, 1.54) is 6.92 Å². The number of carbonyl (C=O) groups excluding carboxylic acids is 2. The molecule has 5 atom stereocenters. The first-order chi connectivity index (χ1) is 19.3. The fourth-order valence-corrected chi connectivity index (χ4v) is 8.62. The zero-order chi connectivity index (χ0) is 29.4. The number of aliphatic hydroxyl groups is 1. The van der Waals surface area contributed by atoms with E-state index >= 15 is 8.78 Å². The molecule has 1 amide bonds. The molecule has 41 heavy (non-hydrogen) atoms. The zero-order valence-electron chi connectivity index (χ0n) is 23.0. The molecule has 0 radical (unpaired) electrons. The minimum absolute atomic E-state index is 0.0378. The number of carbonyl (C=O) groups is 2. The van der Waals surface area contributed by atoms with E-state index in [1.807, 2.05) is 0 Å². The standard InChI is InChI=1S/C31H35F5N2O3/c1-28-17-24(18-2-4-19(5-3-18)27(40)38-14-12-37-13-15-38)26-22-9-7-21(39)16-20(22)6-8-23(26)25(28)10-11-29(28,41)30(32,33)31(34,35)36/h2-5,16,23-25,37,41H,6-15,17H2,1H3/t23-,24+,25-,28?,29?/m0/s1. The Kier molecular flexibility index (Phi) is 6.77. The van der Waals surface area contributed by atoms with E-state index in [4.69, 9.17) is 0 Å². The number of rotatable bonds is 3. The van der Waals surface area contributed by atoms with Gasteiger partial charge in [0.25, 0.3) is 5.91 Å². The van der Waals surface area contributed by atoms with Gasteiger partial charge in [-0.3, -0.25) is 9.59 Å². The lowest BCUT2D eigenvalue weighted by molar-refractivity contribution is -0.362. The summed E-state index contributed by atoms with van der Waals surface area (Å²) < 4.78 is 71.5. The highest BCUT2D eigenvalue weighted by molar-refractivity contribution is 5.94. The Morgan fingerprint density at radius 1 is 1.02 bits per heavy atom. The van der Waals surface area contributed by atoms with Gasteiger partial charge in [-0.25, -0.2) is 0 Å². The van der Waals surface area contributed by atoms with Crippen LogP contribution in [0.1, 0.15) is 73.7 Å². The molecule has 4 aliphatic carbocycles. The number of amides is 1.